The molecule has 2 rings (SSSR count). The summed E-state index contributed by atoms with van der Waals surface area (Å²) in [4.78, 5) is 8.23. The topological polar surface area (TPSA) is 46.5 Å². The van der Waals surface area contributed by atoms with E-state index in [0.717, 1.165) is 22.6 Å². The number of aromatic nitrogens is 4. The van der Waals surface area contributed by atoms with Gasteiger partial charge < -0.3 is 0 Å². The van der Waals surface area contributed by atoms with Gasteiger partial charge in [-0.25, -0.2) is 9.67 Å². The minimum absolute atomic E-state index is 0.600. The molecule has 0 saturated heterocycles. The van der Waals surface area contributed by atoms with E-state index in [2.05, 4.69) is 28.9 Å². The average Bonchev–Trinajstić information content (AvgIpc) is 2.60. The van der Waals surface area contributed by atoms with Crippen molar-refractivity contribution in [2.24, 2.45) is 5.92 Å². The van der Waals surface area contributed by atoms with E-state index in [1.165, 1.54) is 0 Å². The molecule has 0 unspecified atom stereocenters. The molecule has 0 amide bonds. The maximum Gasteiger partial charge on any atom is 0.171 e. The number of rotatable bonds is 3. The Balaban J connectivity index is 2.36. The highest BCUT2D eigenvalue weighted by molar-refractivity contribution is 7.71. The van der Waals surface area contributed by atoms with E-state index in [-0.39, 0.29) is 0 Å². The second kappa shape index (κ2) is 4.57. The Morgan fingerprint density at radius 1 is 1.44 bits per heavy atom. The lowest BCUT2D eigenvalue weighted by Crippen LogP contribution is -2.01. The van der Waals surface area contributed by atoms with E-state index in [4.69, 9.17) is 12.2 Å². The fraction of sp³-hybridized carbons (Fsp3) is 0.364. The summed E-state index contributed by atoms with van der Waals surface area (Å²) in [6.45, 7) is 4.35. The maximum atomic E-state index is 5.27. The molecule has 0 fully saturated rings. The third-order valence-corrected chi connectivity index (χ3v) is 2.48. The van der Waals surface area contributed by atoms with Gasteiger partial charge in [0.25, 0.3) is 0 Å². The van der Waals surface area contributed by atoms with Crippen LogP contribution in [0.1, 0.15) is 19.5 Å². The van der Waals surface area contributed by atoms with Crippen LogP contribution in [0.4, 0.5) is 0 Å². The van der Waals surface area contributed by atoms with Crippen molar-refractivity contribution in [2.45, 2.75) is 20.3 Å². The number of hydrogen-bond acceptors (Lipinski definition) is 3. The van der Waals surface area contributed by atoms with E-state index < -0.39 is 0 Å². The largest absolute Gasteiger partial charge is 0.296 e. The number of hydrogen-bond donors (Lipinski definition) is 1. The van der Waals surface area contributed by atoms with Gasteiger partial charge in [0, 0.05) is 18.1 Å². The molecule has 0 atom stereocenters. The van der Waals surface area contributed by atoms with Crippen LogP contribution in [-0.2, 0) is 6.42 Å². The zero-order valence-corrected chi connectivity index (χ0v) is 10.2. The fourth-order valence-corrected chi connectivity index (χ4v) is 1.85. The summed E-state index contributed by atoms with van der Waals surface area (Å²) in [7, 11) is 0. The van der Waals surface area contributed by atoms with Gasteiger partial charge in [0.05, 0.1) is 6.20 Å². The Labute approximate surface area is 99.4 Å². The van der Waals surface area contributed by atoms with Crippen LogP contribution in [0.3, 0.4) is 0 Å². The summed E-state index contributed by atoms with van der Waals surface area (Å²) in [6, 6.07) is 1.98. The van der Waals surface area contributed by atoms with E-state index in [1.807, 2.05) is 6.07 Å². The molecule has 2 aromatic rings. The highest BCUT2D eigenvalue weighted by Crippen LogP contribution is 2.09. The van der Waals surface area contributed by atoms with E-state index in [9.17, 15) is 0 Å². The van der Waals surface area contributed by atoms with E-state index in [0.29, 0.717) is 5.92 Å². The van der Waals surface area contributed by atoms with Crippen LogP contribution in [0.15, 0.2) is 24.7 Å². The van der Waals surface area contributed by atoms with Gasteiger partial charge >= 0.3 is 0 Å². The molecule has 0 bridgehead atoms. The van der Waals surface area contributed by atoms with Crippen LogP contribution >= 0.6 is 12.2 Å². The molecule has 0 aliphatic carbocycles. The van der Waals surface area contributed by atoms with Crippen molar-refractivity contribution in [2.75, 3.05) is 0 Å². The molecule has 0 spiro atoms. The van der Waals surface area contributed by atoms with E-state index >= 15 is 0 Å². The zero-order chi connectivity index (χ0) is 11.5. The molecule has 84 valence electrons. The summed E-state index contributed by atoms with van der Waals surface area (Å²) >= 11 is 5.27. The summed E-state index contributed by atoms with van der Waals surface area (Å²) in [6.07, 6.45) is 5.97. The van der Waals surface area contributed by atoms with Crippen molar-refractivity contribution in [1.82, 2.24) is 19.7 Å². The van der Waals surface area contributed by atoms with Crippen molar-refractivity contribution < 1.29 is 0 Å². The Morgan fingerprint density at radius 2 is 2.25 bits per heavy atom. The van der Waals surface area contributed by atoms with Gasteiger partial charge in [-0.1, -0.05) is 26.1 Å². The monoisotopic (exact) mass is 234 g/mol. The Morgan fingerprint density at radius 3 is 2.88 bits per heavy atom. The Kier molecular flexibility index (Phi) is 3.14. The first-order chi connectivity index (χ1) is 7.66. The lowest BCUT2D eigenvalue weighted by Gasteiger charge is -2.02. The molecule has 16 heavy (non-hydrogen) atoms. The maximum absolute atomic E-state index is 5.27. The number of nitrogens with zero attached hydrogens (tertiary/aromatic N) is 3. The molecule has 2 heterocycles. The molecule has 5 heteroatoms. The SMILES string of the molecule is CC(C)Cc1cc(=S)n(-c2cnccn2)[nH]1. The van der Waals surface area contributed by atoms with Crippen molar-refractivity contribution in [1.29, 1.82) is 0 Å². The summed E-state index contributed by atoms with van der Waals surface area (Å²) in [5, 5.41) is 3.24. The van der Waals surface area contributed by atoms with Gasteiger partial charge in [0.2, 0.25) is 0 Å². The van der Waals surface area contributed by atoms with Crippen LogP contribution in [0.5, 0.6) is 0 Å². The van der Waals surface area contributed by atoms with Gasteiger partial charge in [-0.05, 0) is 18.4 Å². The molecule has 0 aliphatic heterocycles. The minimum Gasteiger partial charge on any atom is -0.296 e. The first kappa shape index (κ1) is 11.0. The van der Waals surface area contributed by atoms with Gasteiger partial charge in [-0.2, -0.15) is 0 Å². The van der Waals surface area contributed by atoms with Crippen LogP contribution in [0.2, 0.25) is 0 Å². The highest BCUT2D eigenvalue weighted by Gasteiger charge is 2.05. The third kappa shape index (κ3) is 2.36. The highest BCUT2D eigenvalue weighted by atomic mass is 32.1. The normalized spacial score (nSPS) is 10.9. The quantitative estimate of drug-likeness (QED) is 0.830. The lowest BCUT2D eigenvalue weighted by molar-refractivity contribution is 0.627. The smallest absolute Gasteiger partial charge is 0.171 e. The molecule has 0 aromatic carbocycles. The standard InChI is InChI=1S/C11H14N4S/c1-8(2)5-9-6-11(16)15(14-9)10-7-12-3-4-13-10/h3-4,6-8,14H,5H2,1-2H3. The molecule has 2 aromatic heterocycles. The summed E-state index contributed by atoms with van der Waals surface area (Å²) in [5.41, 5.74) is 1.13. The predicted molar refractivity (Wildman–Crippen MR) is 65.1 cm³/mol. The molecule has 0 aliphatic rings. The van der Waals surface area contributed by atoms with Gasteiger partial charge in [-0.15, -0.1) is 0 Å². The predicted octanol–water partition coefficient (Wildman–Crippen LogP) is 2.52. The second-order valence-electron chi connectivity index (χ2n) is 4.12. The van der Waals surface area contributed by atoms with Crippen LogP contribution in [0.25, 0.3) is 5.82 Å². The van der Waals surface area contributed by atoms with Gasteiger partial charge in [0.15, 0.2) is 5.82 Å². The average molecular weight is 234 g/mol. The van der Waals surface area contributed by atoms with E-state index in [1.54, 1.807) is 23.3 Å². The zero-order valence-electron chi connectivity index (χ0n) is 9.34. The summed E-state index contributed by atoms with van der Waals surface area (Å²) in [5.74, 6) is 1.32. The van der Waals surface area contributed by atoms with Crippen molar-refractivity contribution >= 4 is 12.2 Å². The third-order valence-electron chi connectivity index (χ3n) is 2.18. The number of nitrogens with one attached hydrogen (secondary N) is 1. The molecule has 4 nitrogen and oxygen atoms in total. The van der Waals surface area contributed by atoms with Gasteiger partial charge in [-0.3, -0.25) is 10.1 Å². The molecule has 1 N–H and O–H groups in total. The minimum atomic E-state index is 0.600. The van der Waals surface area contributed by atoms with Crippen LogP contribution in [0, 0.1) is 10.6 Å². The Bertz CT molecular complexity index is 512. The molecule has 0 radical (unpaired) electrons. The molecule has 0 saturated carbocycles. The van der Waals surface area contributed by atoms with Gasteiger partial charge in [0.1, 0.15) is 4.64 Å². The fourth-order valence-electron chi connectivity index (χ4n) is 1.57. The van der Waals surface area contributed by atoms with Crippen molar-refractivity contribution in [3.63, 3.8) is 0 Å². The molecular formula is C11H14N4S. The van der Waals surface area contributed by atoms with Crippen molar-refractivity contribution in [3.8, 4) is 5.82 Å². The van der Waals surface area contributed by atoms with Crippen LogP contribution in [-0.4, -0.2) is 19.7 Å². The lowest BCUT2D eigenvalue weighted by atomic mass is 10.1. The first-order valence-electron chi connectivity index (χ1n) is 5.24. The number of H-pyrrole nitrogens is 1. The first-order valence-corrected chi connectivity index (χ1v) is 5.65. The summed E-state index contributed by atoms with van der Waals surface area (Å²) < 4.78 is 2.51. The number of aromatic amines is 1. The van der Waals surface area contributed by atoms with Crippen LogP contribution < -0.4 is 0 Å². The molecular weight excluding hydrogens is 220 g/mol. The van der Waals surface area contributed by atoms with Crippen molar-refractivity contribution in [3.05, 3.63) is 35.0 Å². The second-order valence-corrected chi connectivity index (χ2v) is 4.53. The Hall–Kier alpha value is -1.49.